The zero-order chi connectivity index (χ0) is 16.1. The molecule has 4 atom stereocenters. The quantitative estimate of drug-likeness (QED) is 0.668. The zero-order valence-corrected chi connectivity index (χ0v) is 13.6. The number of fused-ring (bicyclic) bond motifs is 1. The van der Waals surface area contributed by atoms with Crippen LogP contribution in [0, 0.1) is 5.92 Å². The third-order valence-electron chi connectivity index (χ3n) is 3.91. The molecule has 0 aromatic carbocycles. The van der Waals surface area contributed by atoms with Gasteiger partial charge in [0.2, 0.25) is 0 Å². The van der Waals surface area contributed by atoms with Crippen LogP contribution in [0.5, 0.6) is 0 Å². The standard InChI is InChI=1S/C16H26O6/c1-4-5-13(17)21-11-8-19-16-12(9-20-15(11)16)22-14(18)7-6-10(2)3/h10-12,15-16H,4-9H2,1-3H3/t11-,12-,15-,16-/m1/s1. The molecule has 0 saturated carbocycles. The molecule has 2 aliphatic heterocycles. The van der Waals surface area contributed by atoms with Crippen molar-refractivity contribution in [2.75, 3.05) is 13.2 Å². The molecule has 2 fully saturated rings. The Bertz CT molecular complexity index is 394. The summed E-state index contributed by atoms with van der Waals surface area (Å²) in [6, 6.07) is 0. The summed E-state index contributed by atoms with van der Waals surface area (Å²) in [7, 11) is 0. The molecule has 2 saturated heterocycles. The van der Waals surface area contributed by atoms with Gasteiger partial charge in [0.25, 0.3) is 0 Å². The maximum atomic E-state index is 11.8. The second kappa shape index (κ2) is 7.92. The molecule has 126 valence electrons. The number of rotatable bonds is 7. The van der Waals surface area contributed by atoms with Crippen LogP contribution in [0.3, 0.4) is 0 Å². The second-order valence-electron chi connectivity index (χ2n) is 6.34. The normalized spacial score (nSPS) is 30.4. The topological polar surface area (TPSA) is 71.1 Å². The number of esters is 2. The summed E-state index contributed by atoms with van der Waals surface area (Å²) in [4.78, 5) is 23.4. The van der Waals surface area contributed by atoms with Gasteiger partial charge in [-0.15, -0.1) is 0 Å². The summed E-state index contributed by atoms with van der Waals surface area (Å²) < 4.78 is 22.1. The number of ether oxygens (including phenoxy) is 4. The Labute approximate surface area is 131 Å². The Kier molecular flexibility index (Phi) is 6.20. The van der Waals surface area contributed by atoms with Crippen molar-refractivity contribution in [3.63, 3.8) is 0 Å². The fourth-order valence-electron chi connectivity index (χ4n) is 2.70. The number of carbonyl (C=O) groups excluding carboxylic acids is 2. The summed E-state index contributed by atoms with van der Waals surface area (Å²) in [6.07, 6.45) is 0.881. The summed E-state index contributed by atoms with van der Waals surface area (Å²) in [5.74, 6) is 0.000853. The van der Waals surface area contributed by atoms with Crippen molar-refractivity contribution < 1.29 is 28.5 Å². The van der Waals surface area contributed by atoms with Crippen molar-refractivity contribution in [2.45, 2.75) is 70.9 Å². The van der Waals surface area contributed by atoms with Crippen LogP contribution >= 0.6 is 0 Å². The molecule has 0 amide bonds. The predicted octanol–water partition coefficient (Wildman–Crippen LogP) is 1.84. The summed E-state index contributed by atoms with van der Waals surface area (Å²) in [6.45, 7) is 6.65. The molecule has 0 aromatic heterocycles. The Morgan fingerprint density at radius 1 is 1.00 bits per heavy atom. The van der Waals surface area contributed by atoms with E-state index in [9.17, 15) is 9.59 Å². The minimum atomic E-state index is -0.403. The van der Waals surface area contributed by atoms with E-state index in [0.717, 1.165) is 12.8 Å². The molecular weight excluding hydrogens is 288 g/mol. The first-order chi connectivity index (χ1) is 10.5. The predicted molar refractivity (Wildman–Crippen MR) is 78.2 cm³/mol. The molecule has 0 bridgehead atoms. The van der Waals surface area contributed by atoms with Crippen molar-refractivity contribution >= 4 is 11.9 Å². The van der Waals surface area contributed by atoms with Crippen LogP contribution in [-0.4, -0.2) is 49.6 Å². The summed E-state index contributed by atoms with van der Waals surface area (Å²) >= 11 is 0. The maximum absolute atomic E-state index is 11.8. The van der Waals surface area contributed by atoms with Crippen molar-refractivity contribution in [1.82, 2.24) is 0 Å². The van der Waals surface area contributed by atoms with Gasteiger partial charge in [0.05, 0.1) is 13.2 Å². The van der Waals surface area contributed by atoms with E-state index in [1.807, 2.05) is 6.92 Å². The lowest BCUT2D eigenvalue weighted by atomic mass is 10.1. The SMILES string of the molecule is CCCC(=O)O[C@@H]1CO[C@H]2[C@@H]1OC[C@H]2OC(=O)CCC(C)C. The molecule has 2 rings (SSSR count). The van der Waals surface area contributed by atoms with Crippen LogP contribution in [0.4, 0.5) is 0 Å². The fourth-order valence-corrected chi connectivity index (χ4v) is 2.70. The van der Waals surface area contributed by atoms with Gasteiger partial charge in [0.1, 0.15) is 12.2 Å². The molecule has 22 heavy (non-hydrogen) atoms. The molecule has 6 nitrogen and oxygen atoms in total. The van der Waals surface area contributed by atoms with Crippen LogP contribution in [0.2, 0.25) is 0 Å². The highest BCUT2D eigenvalue weighted by Gasteiger charge is 2.51. The van der Waals surface area contributed by atoms with Gasteiger partial charge < -0.3 is 18.9 Å². The van der Waals surface area contributed by atoms with E-state index in [-0.39, 0.29) is 24.1 Å². The van der Waals surface area contributed by atoms with E-state index >= 15 is 0 Å². The lowest BCUT2D eigenvalue weighted by Crippen LogP contribution is -2.35. The lowest BCUT2D eigenvalue weighted by molar-refractivity contribution is -0.155. The van der Waals surface area contributed by atoms with Crippen molar-refractivity contribution in [3.05, 3.63) is 0 Å². The Hall–Kier alpha value is -1.14. The van der Waals surface area contributed by atoms with Gasteiger partial charge in [-0.25, -0.2) is 0 Å². The third kappa shape index (κ3) is 4.43. The van der Waals surface area contributed by atoms with E-state index in [4.69, 9.17) is 18.9 Å². The Morgan fingerprint density at radius 3 is 1.95 bits per heavy atom. The van der Waals surface area contributed by atoms with E-state index in [1.165, 1.54) is 0 Å². The van der Waals surface area contributed by atoms with Crippen molar-refractivity contribution in [3.8, 4) is 0 Å². The molecule has 0 spiro atoms. The summed E-state index contributed by atoms with van der Waals surface area (Å²) in [5.41, 5.74) is 0. The first kappa shape index (κ1) is 17.2. The average molecular weight is 314 g/mol. The number of carbonyl (C=O) groups is 2. The maximum Gasteiger partial charge on any atom is 0.306 e. The summed E-state index contributed by atoms with van der Waals surface area (Å²) in [5, 5.41) is 0. The van der Waals surface area contributed by atoms with E-state index in [0.29, 0.717) is 32.0 Å². The van der Waals surface area contributed by atoms with Crippen LogP contribution in [-0.2, 0) is 28.5 Å². The first-order valence-electron chi connectivity index (χ1n) is 8.13. The van der Waals surface area contributed by atoms with Crippen molar-refractivity contribution in [2.24, 2.45) is 5.92 Å². The highest BCUT2D eigenvalue weighted by atomic mass is 16.7. The smallest absolute Gasteiger partial charge is 0.306 e. The third-order valence-corrected chi connectivity index (χ3v) is 3.91. The van der Waals surface area contributed by atoms with Gasteiger partial charge >= 0.3 is 11.9 Å². The minimum absolute atomic E-state index is 0.224. The Morgan fingerprint density at radius 2 is 1.50 bits per heavy atom. The molecule has 0 aromatic rings. The van der Waals surface area contributed by atoms with Gasteiger partial charge in [-0.1, -0.05) is 20.8 Å². The van der Waals surface area contributed by atoms with Crippen molar-refractivity contribution in [1.29, 1.82) is 0 Å². The fraction of sp³-hybridized carbons (Fsp3) is 0.875. The highest BCUT2D eigenvalue weighted by molar-refractivity contribution is 5.70. The molecule has 0 aliphatic carbocycles. The average Bonchev–Trinajstić information content (AvgIpc) is 3.01. The van der Waals surface area contributed by atoms with Crippen LogP contribution < -0.4 is 0 Å². The monoisotopic (exact) mass is 314 g/mol. The Balaban J connectivity index is 1.80. The van der Waals surface area contributed by atoms with Crippen LogP contribution in [0.1, 0.15) is 46.5 Å². The number of hydrogen-bond acceptors (Lipinski definition) is 6. The molecular formula is C16H26O6. The van der Waals surface area contributed by atoms with E-state index in [2.05, 4.69) is 13.8 Å². The van der Waals surface area contributed by atoms with Gasteiger partial charge in [-0.05, 0) is 18.8 Å². The number of hydrogen-bond donors (Lipinski definition) is 0. The van der Waals surface area contributed by atoms with Crippen LogP contribution in [0.15, 0.2) is 0 Å². The largest absolute Gasteiger partial charge is 0.457 e. The first-order valence-corrected chi connectivity index (χ1v) is 8.13. The van der Waals surface area contributed by atoms with Gasteiger partial charge in [0, 0.05) is 12.8 Å². The second-order valence-corrected chi connectivity index (χ2v) is 6.34. The molecule has 6 heteroatoms. The minimum Gasteiger partial charge on any atom is -0.457 e. The lowest BCUT2D eigenvalue weighted by Gasteiger charge is -2.17. The zero-order valence-electron chi connectivity index (χ0n) is 13.6. The van der Waals surface area contributed by atoms with Crippen LogP contribution in [0.25, 0.3) is 0 Å². The molecule has 0 N–H and O–H groups in total. The molecule has 2 aliphatic rings. The van der Waals surface area contributed by atoms with Gasteiger partial charge in [-0.2, -0.15) is 0 Å². The van der Waals surface area contributed by atoms with E-state index < -0.39 is 12.2 Å². The molecule has 0 unspecified atom stereocenters. The highest BCUT2D eigenvalue weighted by Crippen LogP contribution is 2.31. The van der Waals surface area contributed by atoms with Gasteiger partial charge in [0.15, 0.2) is 12.2 Å². The molecule has 0 radical (unpaired) electrons. The van der Waals surface area contributed by atoms with E-state index in [1.54, 1.807) is 0 Å². The van der Waals surface area contributed by atoms with Gasteiger partial charge in [-0.3, -0.25) is 9.59 Å². The molecule has 2 heterocycles.